The molecule has 0 radical (unpaired) electrons. The van der Waals surface area contributed by atoms with Crippen molar-refractivity contribution >= 4 is 35.1 Å². The average molecular weight is 447 g/mol. The third kappa shape index (κ3) is 4.44. The summed E-state index contributed by atoms with van der Waals surface area (Å²) in [4.78, 5) is 52.4. The van der Waals surface area contributed by atoms with Crippen LogP contribution in [0.3, 0.4) is 0 Å². The summed E-state index contributed by atoms with van der Waals surface area (Å²) >= 11 is 0. The molecule has 1 heterocycles. The van der Waals surface area contributed by atoms with E-state index in [9.17, 15) is 19.2 Å². The molecule has 7 nitrogen and oxygen atoms in total. The molecule has 170 valence electrons. The lowest BCUT2D eigenvalue weighted by Gasteiger charge is -2.19. The van der Waals surface area contributed by atoms with Gasteiger partial charge in [-0.05, 0) is 62.6 Å². The number of para-hydroxylation sites is 1. The molecule has 3 amide bonds. The molecule has 1 fully saturated rings. The van der Waals surface area contributed by atoms with E-state index in [0.29, 0.717) is 30.7 Å². The Hall–Kier alpha value is -3.74. The lowest BCUT2D eigenvalue weighted by Crippen LogP contribution is -2.33. The predicted molar refractivity (Wildman–Crippen MR) is 124 cm³/mol. The van der Waals surface area contributed by atoms with Crippen molar-refractivity contribution in [1.29, 1.82) is 0 Å². The number of ether oxygens (including phenoxy) is 1. The number of hydrogen-bond acceptors (Lipinski definition) is 5. The van der Waals surface area contributed by atoms with Crippen LogP contribution >= 0.6 is 0 Å². The number of benzene rings is 2. The average Bonchev–Trinajstić information content (AvgIpc) is 3.07. The van der Waals surface area contributed by atoms with Gasteiger partial charge < -0.3 is 10.1 Å². The summed E-state index contributed by atoms with van der Waals surface area (Å²) in [6, 6.07) is 13.0. The molecule has 0 spiro atoms. The van der Waals surface area contributed by atoms with Gasteiger partial charge in [-0.25, -0.2) is 9.69 Å². The third-order valence-corrected chi connectivity index (χ3v) is 6.03. The zero-order chi connectivity index (χ0) is 23.5. The highest BCUT2D eigenvalue weighted by Crippen LogP contribution is 2.40. The van der Waals surface area contributed by atoms with Gasteiger partial charge in [-0.1, -0.05) is 30.7 Å². The molecule has 2 aliphatic rings. The van der Waals surface area contributed by atoms with Crippen LogP contribution in [-0.4, -0.2) is 30.3 Å². The minimum Gasteiger partial charge on any atom is -0.462 e. The van der Waals surface area contributed by atoms with Crippen LogP contribution in [0.2, 0.25) is 0 Å². The van der Waals surface area contributed by atoms with Crippen molar-refractivity contribution in [3.8, 4) is 0 Å². The fourth-order valence-electron chi connectivity index (χ4n) is 4.30. The molecule has 2 atom stereocenters. The van der Waals surface area contributed by atoms with Crippen LogP contribution in [0.4, 0.5) is 11.4 Å². The lowest BCUT2D eigenvalue weighted by molar-refractivity contribution is -0.122. The smallest absolute Gasteiger partial charge is 0.338 e. The van der Waals surface area contributed by atoms with Crippen LogP contribution in [0.25, 0.3) is 0 Å². The van der Waals surface area contributed by atoms with Crippen LogP contribution < -0.4 is 10.2 Å². The first-order chi connectivity index (χ1) is 15.9. The van der Waals surface area contributed by atoms with Gasteiger partial charge in [-0.15, -0.1) is 0 Å². The standard InChI is InChI=1S/C26H26N2O5/c1-3-14-33-26(32)17-9-11-18(12-10-17)27-23(29)20-6-4-5-7-22(20)28-24(30)19-13-8-16(2)15-21(19)25(28)31/h4-12,19,21H,3,13-15H2,1-2H3,(H,27,29)/t19-,21-/m1/s1. The Morgan fingerprint density at radius 1 is 1.03 bits per heavy atom. The maximum Gasteiger partial charge on any atom is 0.338 e. The summed E-state index contributed by atoms with van der Waals surface area (Å²) in [5, 5.41) is 2.78. The minimum absolute atomic E-state index is 0.231. The number of esters is 1. The Balaban J connectivity index is 1.53. The molecule has 4 rings (SSSR count). The normalized spacial score (nSPS) is 19.7. The second kappa shape index (κ2) is 9.40. The Labute approximate surface area is 192 Å². The maximum absolute atomic E-state index is 13.1. The van der Waals surface area contributed by atoms with E-state index in [0.717, 1.165) is 12.0 Å². The van der Waals surface area contributed by atoms with E-state index in [4.69, 9.17) is 4.74 Å². The molecule has 1 saturated heterocycles. The third-order valence-electron chi connectivity index (χ3n) is 6.03. The highest BCUT2D eigenvalue weighted by molar-refractivity contribution is 6.25. The number of rotatable bonds is 6. The fourth-order valence-corrected chi connectivity index (χ4v) is 4.30. The Morgan fingerprint density at radius 3 is 2.45 bits per heavy atom. The number of imide groups is 1. The first-order valence-corrected chi connectivity index (χ1v) is 11.1. The summed E-state index contributed by atoms with van der Waals surface area (Å²) < 4.78 is 5.11. The van der Waals surface area contributed by atoms with Gasteiger partial charge in [0.15, 0.2) is 0 Å². The predicted octanol–water partition coefficient (Wildman–Crippen LogP) is 4.35. The Morgan fingerprint density at radius 2 is 1.73 bits per heavy atom. The van der Waals surface area contributed by atoms with E-state index in [-0.39, 0.29) is 34.9 Å². The molecule has 1 aliphatic heterocycles. The molecule has 33 heavy (non-hydrogen) atoms. The van der Waals surface area contributed by atoms with Crippen LogP contribution in [0.15, 0.2) is 60.2 Å². The topological polar surface area (TPSA) is 92.8 Å². The summed E-state index contributed by atoms with van der Waals surface area (Å²) in [5.41, 5.74) is 2.49. The van der Waals surface area contributed by atoms with Crippen molar-refractivity contribution in [2.75, 3.05) is 16.8 Å². The Bertz CT molecular complexity index is 1140. The SMILES string of the molecule is CCCOC(=O)c1ccc(NC(=O)c2ccccc2N2C(=O)[C@@H]3CC=C(C)C[C@H]3C2=O)cc1. The first kappa shape index (κ1) is 22.5. The zero-order valence-corrected chi connectivity index (χ0v) is 18.7. The van der Waals surface area contributed by atoms with E-state index in [1.54, 1.807) is 48.5 Å². The van der Waals surface area contributed by atoms with E-state index in [1.165, 1.54) is 4.90 Å². The van der Waals surface area contributed by atoms with Crippen molar-refractivity contribution in [2.24, 2.45) is 11.8 Å². The monoisotopic (exact) mass is 446 g/mol. The zero-order valence-electron chi connectivity index (χ0n) is 18.7. The second-order valence-electron chi connectivity index (χ2n) is 8.40. The van der Waals surface area contributed by atoms with Gasteiger partial charge in [-0.2, -0.15) is 0 Å². The molecule has 2 aromatic rings. The van der Waals surface area contributed by atoms with E-state index in [2.05, 4.69) is 5.32 Å². The van der Waals surface area contributed by atoms with Gasteiger partial charge in [0.25, 0.3) is 5.91 Å². The number of anilines is 2. The van der Waals surface area contributed by atoms with Gasteiger partial charge in [-0.3, -0.25) is 14.4 Å². The van der Waals surface area contributed by atoms with Crippen LogP contribution in [0.5, 0.6) is 0 Å². The number of carbonyl (C=O) groups excluding carboxylic acids is 4. The second-order valence-corrected chi connectivity index (χ2v) is 8.40. The molecule has 0 aromatic heterocycles. The van der Waals surface area contributed by atoms with Crippen molar-refractivity contribution in [2.45, 2.75) is 33.1 Å². The number of allylic oxidation sites excluding steroid dienone is 2. The number of hydrogen-bond donors (Lipinski definition) is 1. The molecular weight excluding hydrogens is 420 g/mol. The van der Waals surface area contributed by atoms with E-state index in [1.807, 2.05) is 19.9 Å². The number of amides is 3. The number of nitrogens with zero attached hydrogens (tertiary/aromatic N) is 1. The first-order valence-electron chi connectivity index (χ1n) is 11.1. The van der Waals surface area contributed by atoms with Gasteiger partial charge in [0.1, 0.15) is 0 Å². The van der Waals surface area contributed by atoms with E-state index >= 15 is 0 Å². The largest absolute Gasteiger partial charge is 0.462 e. The summed E-state index contributed by atoms with van der Waals surface area (Å²) in [7, 11) is 0. The van der Waals surface area contributed by atoms with E-state index < -0.39 is 11.9 Å². The molecular formula is C26H26N2O5. The van der Waals surface area contributed by atoms with Crippen molar-refractivity contribution in [3.05, 3.63) is 71.3 Å². The van der Waals surface area contributed by atoms with Crippen molar-refractivity contribution in [1.82, 2.24) is 0 Å². The molecule has 1 aliphatic carbocycles. The van der Waals surface area contributed by atoms with Gasteiger partial charge >= 0.3 is 5.97 Å². The van der Waals surface area contributed by atoms with Crippen molar-refractivity contribution < 1.29 is 23.9 Å². The van der Waals surface area contributed by atoms with Crippen LogP contribution in [0, 0.1) is 11.8 Å². The molecule has 0 bridgehead atoms. The van der Waals surface area contributed by atoms with Crippen LogP contribution in [-0.2, 0) is 14.3 Å². The lowest BCUT2D eigenvalue weighted by atomic mass is 9.82. The molecule has 7 heteroatoms. The summed E-state index contributed by atoms with van der Waals surface area (Å²) in [6.45, 7) is 4.23. The molecule has 0 saturated carbocycles. The van der Waals surface area contributed by atoms with Gasteiger partial charge in [0.2, 0.25) is 11.8 Å². The number of nitrogens with one attached hydrogen (secondary N) is 1. The van der Waals surface area contributed by atoms with Crippen LogP contribution in [0.1, 0.15) is 53.8 Å². The highest BCUT2D eigenvalue weighted by Gasteiger charge is 2.49. The quantitative estimate of drug-likeness (QED) is 0.405. The molecule has 1 N–H and O–H groups in total. The fraction of sp³-hybridized carbons (Fsp3) is 0.308. The number of carbonyl (C=O) groups is 4. The molecule has 0 unspecified atom stereocenters. The maximum atomic E-state index is 13.1. The Kier molecular flexibility index (Phi) is 6.40. The minimum atomic E-state index is -0.448. The molecule has 2 aromatic carbocycles. The van der Waals surface area contributed by atoms with Gasteiger partial charge in [0.05, 0.1) is 35.3 Å². The highest BCUT2D eigenvalue weighted by atomic mass is 16.5. The number of fused-ring (bicyclic) bond motifs is 1. The summed E-state index contributed by atoms with van der Waals surface area (Å²) in [6.07, 6.45) is 3.85. The van der Waals surface area contributed by atoms with Gasteiger partial charge in [0, 0.05) is 5.69 Å². The summed E-state index contributed by atoms with van der Waals surface area (Å²) in [5.74, 6) is -2.14. The van der Waals surface area contributed by atoms with Crippen molar-refractivity contribution in [3.63, 3.8) is 0 Å².